The van der Waals surface area contributed by atoms with Gasteiger partial charge < -0.3 is 4.90 Å². The third-order valence-electron chi connectivity index (χ3n) is 2.84. The van der Waals surface area contributed by atoms with Gasteiger partial charge in [0.2, 0.25) is 0 Å². The first-order valence-electron chi connectivity index (χ1n) is 5.94. The van der Waals surface area contributed by atoms with Gasteiger partial charge in [-0.2, -0.15) is 10.1 Å². The molecule has 1 heterocycles. The van der Waals surface area contributed by atoms with E-state index in [4.69, 9.17) is 0 Å². The second-order valence-corrected chi connectivity index (χ2v) is 5.66. The van der Waals surface area contributed by atoms with Gasteiger partial charge in [0.15, 0.2) is 0 Å². The van der Waals surface area contributed by atoms with Gasteiger partial charge in [-0.25, -0.2) is 0 Å². The van der Waals surface area contributed by atoms with Crippen molar-refractivity contribution in [3.63, 3.8) is 0 Å². The lowest BCUT2D eigenvalue weighted by Crippen LogP contribution is -2.23. The van der Waals surface area contributed by atoms with Crippen LogP contribution in [0.25, 0.3) is 0 Å². The summed E-state index contributed by atoms with van der Waals surface area (Å²) in [6.07, 6.45) is 1.80. The molecule has 0 fully saturated rings. The van der Waals surface area contributed by atoms with E-state index in [1.54, 1.807) is 6.20 Å². The zero-order chi connectivity index (χ0) is 14.2. The molecular formula is C14H16BrN3O. The zero-order valence-electron chi connectivity index (χ0n) is 11.4. The Balaban J connectivity index is 2.41. The first-order valence-corrected chi connectivity index (χ1v) is 6.74. The van der Waals surface area contributed by atoms with Crippen LogP contribution in [0.5, 0.6) is 0 Å². The highest BCUT2D eigenvalue weighted by Crippen LogP contribution is 2.28. The molecule has 1 aliphatic rings. The maximum atomic E-state index is 12.4. The normalized spacial score (nSPS) is 17.1. The summed E-state index contributed by atoms with van der Waals surface area (Å²) in [7, 11) is 3.78. The van der Waals surface area contributed by atoms with Crippen LogP contribution in [0.2, 0.25) is 0 Å². The summed E-state index contributed by atoms with van der Waals surface area (Å²) in [6.45, 7) is 3.81. The fourth-order valence-corrected chi connectivity index (χ4v) is 2.42. The fraction of sp³-hybridized carbons (Fsp3) is 0.286. The van der Waals surface area contributed by atoms with E-state index < -0.39 is 0 Å². The molecule has 1 amide bonds. The van der Waals surface area contributed by atoms with Crippen LogP contribution in [0.4, 0.5) is 5.69 Å². The molecule has 19 heavy (non-hydrogen) atoms. The Hall–Kier alpha value is -1.62. The van der Waals surface area contributed by atoms with E-state index in [-0.39, 0.29) is 5.91 Å². The maximum absolute atomic E-state index is 12.4. The summed E-state index contributed by atoms with van der Waals surface area (Å²) in [6, 6.07) is 5.78. The molecule has 1 aliphatic heterocycles. The summed E-state index contributed by atoms with van der Waals surface area (Å²) in [5, 5.41) is 5.82. The van der Waals surface area contributed by atoms with Gasteiger partial charge in [-0.05, 0) is 37.6 Å². The van der Waals surface area contributed by atoms with Gasteiger partial charge >= 0.3 is 0 Å². The lowest BCUT2D eigenvalue weighted by Gasteiger charge is -2.15. The number of hydrogen-bond donors (Lipinski definition) is 0. The number of amides is 1. The monoisotopic (exact) mass is 321 g/mol. The highest BCUT2D eigenvalue weighted by molar-refractivity contribution is 9.10. The largest absolute Gasteiger partial charge is 0.383 e. The first-order chi connectivity index (χ1) is 8.90. The summed E-state index contributed by atoms with van der Waals surface area (Å²) in [5.41, 5.74) is 3.19. The van der Waals surface area contributed by atoms with Crippen LogP contribution in [-0.4, -0.2) is 30.6 Å². The summed E-state index contributed by atoms with van der Waals surface area (Å²) in [5.74, 6) is -0.0865. The van der Waals surface area contributed by atoms with E-state index in [0.29, 0.717) is 5.57 Å². The Labute approximate surface area is 121 Å². The van der Waals surface area contributed by atoms with E-state index in [1.165, 1.54) is 5.01 Å². The third-order valence-corrected chi connectivity index (χ3v) is 3.33. The van der Waals surface area contributed by atoms with E-state index in [2.05, 4.69) is 21.0 Å². The number of halogens is 1. The molecule has 0 bridgehead atoms. The molecule has 0 unspecified atom stereocenters. The molecule has 4 nitrogen and oxygen atoms in total. The van der Waals surface area contributed by atoms with Crippen molar-refractivity contribution in [2.45, 2.75) is 13.8 Å². The second-order valence-electron chi connectivity index (χ2n) is 4.74. The van der Waals surface area contributed by atoms with Crippen LogP contribution in [0.3, 0.4) is 0 Å². The van der Waals surface area contributed by atoms with Crippen molar-refractivity contribution in [1.82, 2.24) is 4.90 Å². The zero-order valence-corrected chi connectivity index (χ0v) is 13.0. The molecular weight excluding hydrogens is 306 g/mol. The Morgan fingerprint density at radius 3 is 2.58 bits per heavy atom. The Kier molecular flexibility index (Phi) is 3.75. The number of aryl methyl sites for hydroxylation is 1. The molecule has 0 N–H and O–H groups in total. The molecule has 0 saturated carbocycles. The average molecular weight is 322 g/mol. The molecule has 0 atom stereocenters. The van der Waals surface area contributed by atoms with E-state index in [1.807, 2.05) is 51.0 Å². The molecule has 1 aromatic carbocycles. The van der Waals surface area contributed by atoms with Gasteiger partial charge in [0, 0.05) is 24.8 Å². The minimum Gasteiger partial charge on any atom is -0.383 e. The number of rotatable bonds is 2. The standard InChI is InChI=1S/C14H16BrN3O/c1-9-7-11(15)5-6-13(9)18-14(19)12(8-17(3)4)10(2)16-18/h5-8H,1-4H3/b12-8-. The van der Waals surface area contributed by atoms with Crippen LogP contribution in [0, 0.1) is 6.92 Å². The number of benzene rings is 1. The SMILES string of the molecule is CC1=NN(c2ccc(Br)cc2C)C(=O)/C1=C\N(C)C. The Morgan fingerprint density at radius 2 is 2.00 bits per heavy atom. The van der Waals surface area contributed by atoms with Crippen molar-refractivity contribution in [3.8, 4) is 0 Å². The quantitative estimate of drug-likeness (QED) is 0.785. The van der Waals surface area contributed by atoms with Crippen molar-refractivity contribution in [3.05, 3.63) is 40.0 Å². The molecule has 1 aromatic rings. The minimum atomic E-state index is -0.0865. The Morgan fingerprint density at radius 1 is 1.32 bits per heavy atom. The van der Waals surface area contributed by atoms with Crippen molar-refractivity contribution < 1.29 is 4.79 Å². The van der Waals surface area contributed by atoms with Crippen molar-refractivity contribution >= 4 is 33.2 Å². The lowest BCUT2D eigenvalue weighted by atomic mass is 10.1. The van der Waals surface area contributed by atoms with Crippen LogP contribution in [0.15, 0.2) is 39.5 Å². The molecule has 0 radical (unpaired) electrons. The number of hydrogen-bond acceptors (Lipinski definition) is 3. The number of anilines is 1. The van der Waals surface area contributed by atoms with E-state index in [9.17, 15) is 4.79 Å². The van der Waals surface area contributed by atoms with Crippen LogP contribution in [0.1, 0.15) is 12.5 Å². The van der Waals surface area contributed by atoms with Gasteiger partial charge in [-0.15, -0.1) is 0 Å². The van der Waals surface area contributed by atoms with Gasteiger partial charge in [-0.1, -0.05) is 15.9 Å². The van der Waals surface area contributed by atoms with Gasteiger partial charge in [-0.3, -0.25) is 4.79 Å². The molecule has 0 aliphatic carbocycles. The smallest absolute Gasteiger partial charge is 0.282 e. The van der Waals surface area contributed by atoms with Crippen LogP contribution >= 0.6 is 15.9 Å². The van der Waals surface area contributed by atoms with Crippen molar-refractivity contribution in [2.24, 2.45) is 5.10 Å². The molecule has 5 heteroatoms. The second kappa shape index (κ2) is 5.17. The number of carbonyl (C=O) groups excluding carboxylic acids is 1. The summed E-state index contributed by atoms with van der Waals surface area (Å²) >= 11 is 3.42. The fourth-order valence-electron chi connectivity index (χ4n) is 1.94. The summed E-state index contributed by atoms with van der Waals surface area (Å²) in [4.78, 5) is 14.2. The maximum Gasteiger partial charge on any atom is 0.282 e. The highest BCUT2D eigenvalue weighted by atomic mass is 79.9. The topological polar surface area (TPSA) is 35.9 Å². The third kappa shape index (κ3) is 2.71. The van der Waals surface area contributed by atoms with Gasteiger partial charge in [0.05, 0.1) is 17.0 Å². The predicted octanol–water partition coefficient (Wildman–Crippen LogP) is 2.93. The van der Waals surface area contributed by atoms with Crippen LogP contribution < -0.4 is 5.01 Å². The van der Waals surface area contributed by atoms with Crippen molar-refractivity contribution in [2.75, 3.05) is 19.1 Å². The van der Waals surface area contributed by atoms with Crippen molar-refractivity contribution in [1.29, 1.82) is 0 Å². The van der Waals surface area contributed by atoms with E-state index >= 15 is 0 Å². The van der Waals surface area contributed by atoms with Gasteiger partial charge in [0.25, 0.3) is 5.91 Å². The number of hydrazone groups is 1. The van der Waals surface area contributed by atoms with E-state index in [0.717, 1.165) is 21.4 Å². The van der Waals surface area contributed by atoms with Gasteiger partial charge in [0.1, 0.15) is 0 Å². The molecule has 0 aromatic heterocycles. The Bertz CT molecular complexity index is 590. The minimum absolute atomic E-state index is 0.0865. The molecule has 0 saturated heterocycles. The first kappa shape index (κ1) is 13.8. The molecule has 0 spiro atoms. The molecule has 2 rings (SSSR count). The predicted molar refractivity (Wildman–Crippen MR) is 81.2 cm³/mol. The molecule has 100 valence electrons. The highest BCUT2D eigenvalue weighted by Gasteiger charge is 2.29. The lowest BCUT2D eigenvalue weighted by molar-refractivity contribution is -0.114. The average Bonchev–Trinajstić information content (AvgIpc) is 2.57. The van der Waals surface area contributed by atoms with Crippen LogP contribution in [-0.2, 0) is 4.79 Å². The number of carbonyl (C=O) groups is 1. The summed E-state index contributed by atoms with van der Waals surface area (Å²) < 4.78 is 0.991. The number of nitrogens with zero attached hydrogens (tertiary/aromatic N) is 3.